The summed E-state index contributed by atoms with van der Waals surface area (Å²) in [5, 5.41) is 14.2. The topological polar surface area (TPSA) is 95.3 Å². The molecule has 0 aliphatic heterocycles. The standard InChI is InChI=1S/C23H26N4O4S2/c1-30-17-10-8-15(9-11-17)21-25-26-23(27(21)16-6-4-3-5-7-16)33-14-19(28)24-18-12-13-32-20(18)22(29)31-2/h8-13,16H,3-7,14H2,1-2H3,(H,24,28). The molecule has 0 saturated heterocycles. The molecule has 1 fully saturated rings. The van der Waals surface area contributed by atoms with Gasteiger partial charge in [0.1, 0.15) is 10.6 Å². The Morgan fingerprint density at radius 2 is 1.88 bits per heavy atom. The molecule has 0 atom stereocenters. The van der Waals surface area contributed by atoms with Crippen LogP contribution in [0.4, 0.5) is 5.69 Å². The number of hydrogen-bond donors (Lipinski definition) is 1. The van der Waals surface area contributed by atoms with Gasteiger partial charge in [0.15, 0.2) is 11.0 Å². The van der Waals surface area contributed by atoms with Gasteiger partial charge >= 0.3 is 5.97 Å². The maximum absolute atomic E-state index is 12.6. The molecule has 1 saturated carbocycles. The fraction of sp³-hybridized carbons (Fsp3) is 0.391. The highest BCUT2D eigenvalue weighted by Gasteiger charge is 2.24. The van der Waals surface area contributed by atoms with Gasteiger partial charge in [-0.3, -0.25) is 9.36 Å². The number of thiophene rings is 1. The number of hydrogen-bond acceptors (Lipinski definition) is 8. The van der Waals surface area contributed by atoms with Crippen LogP contribution in [-0.4, -0.2) is 46.6 Å². The van der Waals surface area contributed by atoms with E-state index in [1.807, 2.05) is 24.3 Å². The third-order valence-corrected chi connectivity index (χ3v) is 7.43. The van der Waals surface area contributed by atoms with Gasteiger partial charge in [0.25, 0.3) is 0 Å². The molecule has 1 amide bonds. The highest BCUT2D eigenvalue weighted by atomic mass is 32.2. The van der Waals surface area contributed by atoms with Gasteiger partial charge in [-0.05, 0) is 48.6 Å². The average Bonchev–Trinajstić information content (AvgIpc) is 3.50. The normalized spacial score (nSPS) is 14.1. The van der Waals surface area contributed by atoms with E-state index in [2.05, 4.69) is 20.1 Å². The van der Waals surface area contributed by atoms with E-state index >= 15 is 0 Å². The maximum Gasteiger partial charge on any atom is 0.350 e. The fourth-order valence-corrected chi connectivity index (χ4v) is 5.53. The van der Waals surface area contributed by atoms with Crippen LogP contribution in [-0.2, 0) is 9.53 Å². The number of benzene rings is 1. The molecule has 33 heavy (non-hydrogen) atoms. The minimum atomic E-state index is -0.464. The Labute approximate surface area is 200 Å². The number of thioether (sulfide) groups is 1. The smallest absolute Gasteiger partial charge is 0.350 e. The van der Waals surface area contributed by atoms with Crippen molar-refractivity contribution in [2.45, 2.75) is 43.3 Å². The molecule has 1 aliphatic carbocycles. The van der Waals surface area contributed by atoms with E-state index < -0.39 is 5.97 Å². The Hall–Kier alpha value is -2.85. The number of ether oxygens (including phenoxy) is 2. The summed E-state index contributed by atoms with van der Waals surface area (Å²) >= 11 is 2.59. The van der Waals surface area contributed by atoms with Crippen LogP contribution in [0.1, 0.15) is 47.8 Å². The third-order valence-electron chi connectivity index (χ3n) is 5.60. The maximum atomic E-state index is 12.6. The summed E-state index contributed by atoms with van der Waals surface area (Å²) < 4.78 is 12.2. The van der Waals surface area contributed by atoms with Crippen molar-refractivity contribution in [2.24, 2.45) is 0 Å². The van der Waals surface area contributed by atoms with E-state index in [0.29, 0.717) is 16.6 Å². The van der Waals surface area contributed by atoms with Gasteiger partial charge in [-0.15, -0.1) is 21.5 Å². The predicted molar refractivity (Wildman–Crippen MR) is 129 cm³/mol. The molecule has 10 heteroatoms. The molecule has 1 aliphatic rings. The molecule has 0 spiro atoms. The molecule has 8 nitrogen and oxygen atoms in total. The Morgan fingerprint density at radius 3 is 2.58 bits per heavy atom. The lowest BCUT2D eigenvalue weighted by Gasteiger charge is -2.25. The van der Waals surface area contributed by atoms with Crippen LogP contribution in [0.5, 0.6) is 5.75 Å². The van der Waals surface area contributed by atoms with Crippen LogP contribution in [0.3, 0.4) is 0 Å². The molecule has 2 heterocycles. The number of carbonyl (C=O) groups excluding carboxylic acids is 2. The Morgan fingerprint density at radius 1 is 1.12 bits per heavy atom. The van der Waals surface area contributed by atoms with Crippen LogP contribution in [0.2, 0.25) is 0 Å². The minimum absolute atomic E-state index is 0.157. The first-order chi connectivity index (χ1) is 16.1. The van der Waals surface area contributed by atoms with Gasteiger partial charge in [0.05, 0.1) is 25.7 Å². The number of methoxy groups -OCH3 is 2. The third kappa shape index (κ3) is 5.39. The summed E-state index contributed by atoms with van der Waals surface area (Å²) in [4.78, 5) is 24.9. The highest BCUT2D eigenvalue weighted by Crippen LogP contribution is 2.36. The molecule has 0 bridgehead atoms. The summed E-state index contributed by atoms with van der Waals surface area (Å²) in [5.74, 6) is 1.07. The molecule has 3 aromatic rings. The van der Waals surface area contributed by atoms with Crippen LogP contribution < -0.4 is 10.1 Å². The summed E-state index contributed by atoms with van der Waals surface area (Å²) in [6, 6.07) is 9.79. The molecule has 2 aromatic heterocycles. The second-order valence-corrected chi connectivity index (χ2v) is 9.55. The summed E-state index contributed by atoms with van der Waals surface area (Å²) in [6.07, 6.45) is 5.72. The quantitative estimate of drug-likeness (QED) is 0.352. The number of nitrogens with one attached hydrogen (secondary N) is 1. The lowest BCUT2D eigenvalue weighted by molar-refractivity contribution is -0.113. The molecule has 0 unspecified atom stereocenters. The second kappa shape index (κ2) is 10.8. The fourth-order valence-electron chi connectivity index (χ4n) is 3.96. The van der Waals surface area contributed by atoms with Gasteiger partial charge in [-0.1, -0.05) is 31.0 Å². The van der Waals surface area contributed by atoms with Crippen molar-refractivity contribution in [1.29, 1.82) is 0 Å². The Balaban J connectivity index is 1.52. The van der Waals surface area contributed by atoms with Crippen LogP contribution in [0.15, 0.2) is 40.9 Å². The first-order valence-electron chi connectivity index (χ1n) is 10.8. The van der Waals surface area contributed by atoms with Crippen molar-refractivity contribution >= 4 is 40.7 Å². The number of esters is 1. The van der Waals surface area contributed by atoms with E-state index in [1.165, 1.54) is 49.5 Å². The van der Waals surface area contributed by atoms with Crippen molar-refractivity contribution in [3.8, 4) is 17.1 Å². The van der Waals surface area contributed by atoms with Gasteiger partial charge in [-0.2, -0.15) is 0 Å². The first kappa shape index (κ1) is 23.3. The zero-order valence-corrected chi connectivity index (χ0v) is 20.2. The van der Waals surface area contributed by atoms with Crippen LogP contribution in [0, 0.1) is 0 Å². The van der Waals surface area contributed by atoms with Crippen LogP contribution in [0.25, 0.3) is 11.4 Å². The average molecular weight is 487 g/mol. The van der Waals surface area contributed by atoms with Crippen molar-refractivity contribution in [3.05, 3.63) is 40.6 Å². The van der Waals surface area contributed by atoms with Gasteiger partial charge in [0.2, 0.25) is 5.91 Å². The first-order valence-corrected chi connectivity index (χ1v) is 12.6. The van der Waals surface area contributed by atoms with E-state index in [-0.39, 0.29) is 11.7 Å². The summed E-state index contributed by atoms with van der Waals surface area (Å²) in [7, 11) is 2.96. The lowest BCUT2D eigenvalue weighted by atomic mass is 9.95. The molecule has 4 rings (SSSR count). The molecule has 1 N–H and O–H groups in total. The van der Waals surface area contributed by atoms with Crippen molar-refractivity contribution in [2.75, 3.05) is 25.3 Å². The van der Waals surface area contributed by atoms with Gasteiger partial charge < -0.3 is 14.8 Å². The van der Waals surface area contributed by atoms with E-state index in [1.54, 1.807) is 18.6 Å². The zero-order valence-electron chi connectivity index (χ0n) is 18.6. The number of aromatic nitrogens is 3. The van der Waals surface area contributed by atoms with Gasteiger partial charge in [-0.25, -0.2) is 4.79 Å². The number of anilines is 1. The number of nitrogens with zero attached hydrogens (tertiary/aromatic N) is 3. The molecule has 174 valence electrons. The Bertz CT molecular complexity index is 1100. The SMILES string of the molecule is COC(=O)c1sccc1NC(=O)CSc1nnc(-c2ccc(OC)cc2)n1C1CCCCC1. The number of amides is 1. The monoisotopic (exact) mass is 486 g/mol. The lowest BCUT2D eigenvalue weighted by Crippen LogP contribution is -2.18. The molecule has 1 aromatic carbocycles. The summed E-state index contributed by atoms with van der Waals surface area (Å²) in [5.41, 5.74) is 1.43. The summed E-state index contributed by atoms with van der Waals surface area (Å²) in [6.45, 7) is 0. The predicted octanol–water partition coefficient (Wildman–Crippen LogP) is 5.04. The molecule has 0 radical (unpaired) electrons. The van der Waals surface area contributed by atoms with E-state index in [4.69, 9.17) is 9.47 Å². The van der Waals surface area contributed by atoms with Crippen molar-refractivity contribution in [3.63, 3.8) is 0 Å². The molecular weight excluding hydrogens is 460 g/mol. The number of rotatable bonds is 8. The van der Waals surface area contributed by atoms with Crippen molar-refractivity contribution < 1.29 is 19.1 Å². The Kier molecular flexibility index (Phi) is 7.66. The largest absolute Gasteiger partial charge is 0.497 e. The zero-order chi connectivity index (χ0) is 23.2. The van der Waals surface area contributed by atoms with E-state index in [9.17, 15) is 9.59 Å². The van der Waals surface area contributed by atoms with E-state index in [0.717, 1.165) is 35.1 Å². The highest BCUT2D eigenvalue weighted by molar-refractivity contribution is 7.99. The molecular formula is C23H26N4O4S2. The van der Waals surface area contributed by atoms with Crippen LogP contribution >= 0.6 is 23.1 Å². The number of carbonyl (C=O) groups is 2. The van der Waals surface area contributed by atoms with Gasteiger partial charge in [0, 0.05) is 11.6 Å². The van der Waals surface area contributed by atoms with Crippen molar-refractivity contribution in [1.82, 2.24) is 14.8 Å². The second-order valence-electron chi connectivity index (χ2n) is 7.69. The minimum Gasteiger partial charge on any atom is -0.497 e.